The molecule has 182 valence electrons. The van der Waals surface area contributed by atoms with Gasteiger partial charge < -0.3 is 4.90 Å². The normalized spacial score (nSPS) is 13.1. The first-order valence-electron chi connectivity index (χ1n) is 12.5. The third-order valence-corrected chi connectivity index (χ3v) is 6.51. The van der Waals surface area contributed by atoms with Crippen molar-refractivity contribution in [2.75, 3.05) is 6.54 Å². The Kier molecular flexibility index (Phi) is 8.97. The van der Waals surface area contributed by atoms with Gasteiger partial charge in [0.25, 0.3) is 5.56 Å². The summed E-state index contributed by atoms with van der Waals surface area (Å²) < 4.78 is 15.2. The van der Waals surface area contributed by atoms with Crippen molar-refractivity contribution >= 4 is 16.8 Å². The molecule has 0 radical (unpaired) electrons. The molecule has 0 N–H and O–H groups in total. The summed E-state index contributed by atoms with van der Waals surface area (Å²) >= 11 is 0. The first-order valence-corrected chi connectivity index (χ1v) is 12.5. The molecule has 0 saturated heterocycles. The number of nitrogens with zero attached hydrogens (tertiary/aromatic N) is 3. The third kappa shape index (κ3) is 5.54. The molecule has 1 heterocycles. The Hall–Kier alpha value is -3.02. The number of aromatic nitrogens is 2. The Bertz CT molecular complexity index is 1160. The van der Waals surface area contributed by atoms with Crippen LogP contribution in [-0.2, 0) is 4.79 Å². The lowest BCUT2D eigenvalue weighted by Crippen LogP contribution is -2.41. The number of carbonyl (C=O) groups is 1. The van der Waals surface area contributed by atoms with Crippen LogP contribution in [-0.4, -0.2) is 26.9 Å². The summed E-state index contributed by atoms with van der Waals surface area (Å²) in [6, 6.07) is 12.6. The van der Waals surface area contributed by atoms with Crippen molar-refractivity contribution in [2.24, 2.45) is 5.92 Å². The topological polar surface area (TPSA) is 55.2 Å². The fourth-order valence-electron chi connectivity index (χ4n) is 4.42. The standard InChI is InChI=1S/C28H36FN3O2/c1-5-8-12-21(7-3)27(33)31(19-9-6-2)20(4)26-30-25-14-11-10-13-24(25)28(34)32(26)23-17-15-22(29)16-18-23/h10-11,13-18,20-21H,5-9,12,19H2,1-4H3. The lowest BCUT2D eigenvalue weighted by atomic mass is 9.96. The van der Waals surface area contributed by atoms with E-state index in [2.05, 4.69) is 20.8 Å². The van der Waals surface area contributed by atoms with Gasteiger partial charge in [0.15, 0.2) is 0 Å². The summed E-state index contributed by atoms with van der Waals surface area (Å²) in [6.07, 6.45) is 5.52. The Labute approximate surface area is 201 Å². The number of unbranched alkanes of at least 4 members (excludes halogenated alkanes) is 2. The zero-order chi connectivity index (χ0) is 24.7. The molecule has 0 aliphatic carbocycles. The Morgan fingerprint density at radius 1 is 1.03 bits per heavy atom. The van der Waals surface area contributed by atoms with Crippen molar-refractivity contribution in [3.63, 3.8) is 0 Å². The third-order valence-electron chi connectivity index (χ3n) is 6.51. The maximum absolute atomic E-state index is 13.7. The molecule has 3 aromatic rings. The highest BCUT2D eigenvalue weighted by molar-refractivity contribution is 5.80. The molecule has 1 amide bonds. The molecule has 0 aliphatic rings. The first-order chi connectivity index (χ1) is 16.4. The molecule has 1 aromatic heterocycles. The van der Waals surface area contributed by atoms with Crippen LogP contribution in [0.1, 0.15) is 78.1 Å². The second-order valence-corrected chi connectivity index (χ2v) is 8.91. The largest absolute Gasteiger partial charge is 0.333 e. The number of para-hydroxylation sites is 1. The van der Waals surface area contributed by atoms with Crippen molar-refractivity contribution in [3.8, 4) is 5.69 Å². The minimum absolute atomic E-state index is 0.0503. The van der Waals surface area contributed by atoms with Gasteiger partial charge in [-0.05, 0) is 62.6 Å². The van der Waals surface area contributed by atoms with Crippen LogP contribution in [0.3, 0.4) is 0 Å². The van der Waals surface area contributed by atoms with Gasteiger partial charge in [-0.25, -0.2) is 9.37 Å². The quantitative estimate of drug-likeness (QED) is 0.328. The highest BCUT2D eigenvalue weighted by atomic mass is 19.1. The summed E-state index contributed by atoms with van der Waals surface area (Å²) in [5.41, 5.74) is 0.904. The van der Waals surface area contributed by atoms with Crippen molar-refractivity contribution in [2.45, 2.75) is 72.3 Å². The van der Waals surface area contributed by atoms with Gasteiger partial charge in [0.2, 0.25) is 5.91 Å². The van der Waals surface area contributed by atoms with Crippen LogP contribution in [0.4, 0.5) is 4.39 Å². The predicted molar refractivity (Wildman–Crippen MR) is 136 cm³/mol. The number of hydrogen-bond acceptors (Lipinski definition) is 3. The van der Waals surface area contributed by atoms with Crippen molar-refractivity contribution < 1.29 is 9.18 Å². The van der Waals surface area contributed by atoms with Gasteiger partial charge in [-0.3, -0.25) is 14.2 Å². The van der Waals surface area contributed by atoms with Crippen molar-refractivity contribution in [3.05, 3.63) is 70.5 Å². The molecule has 34 heavy (non-hydrogen) atoms. The lowest BCUT2D eigenvalue weighted by Gasteiger charge is -2.33. The highest BCUT2D eigenvalue weighted by Gasteiger charge is 2.30. The van der Waals surface area contributed by atoms with Gasteiger partial charge in [0.1, 0.15) is 11.6 Å². The van der Waals surface area contributed by atoms with Crippen LogP contribution in [0.25, 0.3) is 16.6 Å². The molecule has 2 aromatic carbocycles. The lowest BCUT2D eigenvalue weighted by molar-refractivity contribution is -0.138. The van der Waals surface area contributed by atoms with E-state index in [0.29, 0.717) is 29.0 Å². The number of halogens is 1. The van der Waals surface area contributed by atoms with Crippen molar-refractivity contribution in [1.82, 2.24) is 14.5 Å². The number of fused-ring (bicyclic) bond motifs is 1. The monoisotopic (exact) mass is 465 g/mol. The van der Waals surface area contributed by atoms with E-state index in [0.717, 1.165) is 38.5 Å². The average Bonchev–Trinajstić information content (AvgIpc) is 2.85. The van der Waals surface area contributed by atoms with Crippen LogP contribution < -0.4 is 5.56 Å². The molecule has 0 spiro atoms. The second-order valence-electron chi connectivity index (χ2n) is 8.91. The molecular weight excluding hydrogens is 429 g/mol. The summed E-state index contributed by atoms with van der Waals surface area (Å²) in [5, 5.41) is 0.489. The van der Waals surface area contributed by atoms with Crippen LogP contribution in [0.15, 0.2) is 53.3 Å². The van der Waals surface area contributed by atoms with Gasteiger partial charge in [0.05, 0.1) is 22.6 Å². The Balaban J connectivity index is 2.16. The molecule has 3 rings (SSSR count). The minimum Gasteiger partial charge on any atom is -0.333 e. The summed E-state index contributed by atoms with van der Waals surface area (Å²) in [5.74, 6) is 0.183. The zero-order valence-corrected chi connectivity index (χ0v) is 20.8. The fourth-order valence-corrected chi connectivity index (χ4v) is 4.42. The van der Waals surface area contributed by atoms with E-state index in [1.54, 1.807) is 24.3 Å². The smallest absolute Gasteiger partial charge is 0.266 e. The zero-order valence-electron chi connectivity index (χ0n) is 20.8. The minimum atomic E-state index is -0.419. The number of hydrogen-bond donors (Lipinski definition) is 0. The van der Waals surface area contributed by atoms with Gasteiger partial charge in [-0.15, -0.1) is 0 Å². The SMILES string of the molecule is CCCCC(CC)C(=O)N(CCCC)C(C)c1nc2ccccc2c(=O)n1-c1ccc(F)cc1. The van der Waals surface area contributed by atoms with E-state index in [-0.39, 0.29) is 23.2 Å². The van der Waals surface area contributed by atoms with Gasteiger partial charge in [0, 0.05) is 12.5 Å². The van der Waals surface area contributed by atoms with Crippen LogP contribution >= 0.6 is 0 Å². The first kappa shape index (κ1) is 25.6. The number of rotatable bonds is 11. The molecule has 0 aliphatic heterocycles. The summed E-state index contributed by atoms with van der Waals surface area (Å²) in [6.45, 7) is 8.84. The van der Waals surface area contributed by atoms with E-state index in [1.807, 2.05) is 24.0 Å². The second kappa shape index (κ2) is 11.9. The molecule has 5 nitrogen and oxygen atoms in total. The average molecular weight is 466 g/mol. The van der Waals surface area contributed by atoms with Gasteiger partial charge >= 0.3 is 0 Å². The molecule has 0 fully saturated rings. The van der Waals surface area contributed by atoms with Crippen LogP contribution in [0.2, 0.25) is 0 Å². The van der Waals surface area contributed by atoms with E-state index in [1.165, 1.54) is 16.7 Å². The molecular formula is C28H36FN3O2. The number of amides is 1. The van der Waals surface area contributed by atoms with Gasteiger partial charge in [-0.1, -0.05) is 52.2 Å². The van der Waals surface area contributed by atoms with Gasteiger partial charge in [-0.2, -0.15) is 0 Å². The fraction of sp³-hybridized carbons (Fsp3) is 0.464. The Morgan fingerprint density at radius 3 is 2.35 bits per heavy atom. The van der Waals surface area contributed by atoms with E-state index >= 15 is 0 Å². The number of benzene rings is 2. The maximum atomic E-state index is 13.7. The Morgan fingerprint density at radius 2 is 1.71 bits per heavy atom. The van der Waals surface area contributed by atoms with Crippen LogP contribution in [0, 0.1) is 11.7 Å². The molecule has 6 heteroatoms. The molecule has 2 atom stereocenters. The summed E-state index contributed by atoms with van der Waals surface area (Å²) in [4.78, 5) is 34.1. The highest BCUT2D eigenvalue weighted by Crippen LogP contribution is 2.27. The van der Waals surface area contributed by atoms with E-state index in [9.17, 15) is 14.0 Å². The van der Waals surface area contributed by atoms with E-state index < -0.39 is 6.04 Å². The summed E-state index contributed by atoms with van der Waals surface area (Å²) in [7, 11) is 0. The molecule has 0 bridgehead atoms. The number of carbonyl (C=O) groups excluding carboxylic acids is 1. The van der Waals surface area contributed by atoms with Crippen molar-refractivity contribution in [1.29, 1.82) is 0 Å². The molecule has 0 saturated carbocycles. The van der Waals surface area contributed by atoms with E-state index in [4.69, 9.17) is 4.98 Å². The predicted octanol–water partition coefficient (Wildman–Crippen LogP) is 6.43. The molecule has 2 unspecified atom stereocenters. The van der Waals surface area contributed by atoms with Crippen LogP contribution in [0.5, 0.6) is 0 Å². The maximum Gasteiger partial charge on any atom is 0.266 e.